The Hall–Kier alpha value is -2.25. The van der Waals surface area contributed by atoms with Gasteiger partial charge in [-0.05, 0) is 111 Å². The van der Waals surface area contributed by atoms with Crippen LogP contribution in [-0.4, -0.2) is 47.9 Å². The number of carbonyl (C=O) groups excluding carboxylic acids is 2. The molecule has 0 aliphatic heterocycles. The van der Waals surface area contributed by atoms with Crippen LogP contribution in [0.15, 0.2) is 35.7 Å². The SMILES string of the molecule is CCOCCCN(CC(=O)N(Cc1ccc(F)cc1)Cc1sccc1C)C(=O)C12CC3CC(CC(C3)C1)C2. The lowest BCUT2D eigenvalue weighted by Gasteiger charge is -2.56. The molecule has 4 fully saturated rings. The Morgan fingerprint density at radius 2 is 1.66 bits per heavy atom. The smallest absolute Gasteiger partial charge is 0.242 e. The molecule has 1 aromatic carbocycles. The molecule has 4 bridgehead atoms. The zero-order chi connectivity index (χ0) is 26.7. The van der Waals surface area contributed by atoms with Crippen molar-refractivity contribution < 1.29 is 18.7 Å². The Balaban J connectivity index is 1.35. The number of halogens is 1. The van der Waals surface area contributed by atoms with Crippen LogP contribution in [-0.2, 0) is 27.4 Å². The number of rotatable bonds is 12. The highest BCUT2D eigenvalue weighted by atomic mass is 32.1. The van der Waals surface area contributed by atoms with Crippen molar-refractivity contribution in [1.29, 1.82) is 0 Å². The second kappa shape index (κ2) is 11.9. The predicted octanol–water partition coefficient (Wildman–Crippen LogP) is 6.20. The van der Waals surface area contributed by atoms with Crippen molar-refractivity contribution in [3.63, 3.8) is 0 Å². The predicted molar refractivity (Wildman–Crippen MR) is 148 cm³/mol. The highest BCUT2D eigenvalue weighted by Crippen LogP contribution is 2.60. The van der Waals surface area contributed by atoms with E-state index in [1.165, 1.54) is 31.4 Å². The molecule has 206 valence electrons. The van der Waals surface area contributed by atoms with Crippen molar-refractivity contribution in [3.8, 4) is 0 Å². The number of hydrogen-bond donors (Lipinski definition) is 0. The fourth-order valence-electron chi connectivity index (χ4n) is 7.51. The van der Waals surface area contributed by atoms with Gasteiger partial charge < -0.3 is 14.5 Å². The van der Waals surface area contributed by atoms with E-state index >= 15 is 0 Å². The summed E-state index contributed by atoms with van der Waals surface area (Å²) in [4.78, 5) is 33.0. The van der Waals surface area contributed by atoms with Crippen molar-refractivity contribution in [3.05, 3.63) is 57.5 Å². The van der Waals surface area contributed by atoms with Crippen LogP contribution in [0.5, 0.6) is 0 Å². The first kappa shape index (κ1) is 27.3. The molecule has 0 unspecified atom stereocenters. The van der Waals surface area contributed by atoms with Crippen LogP contribution in [0.2, 0.25) is 0 Å². The molecular weight excluding hydrogens is 499 g/mol. The summed E-state index contributed by atoms with van der Waals surface area (Å²) in [7, 11) is 0. The van der Waals surface area contributed by atoms with Crippen molar-refractivity contribution in [2.45, 2.75) is 71.9 Å². The fraction of sp³-hybridized carbons (Fsp3) is 0.613. The van der Waals surface area contributed by atoms with E-state index < -0.39 is 0 Å². The van der Waals surface area contributed by atoms with Crippen molar-refractivity contribution in [2.24, 2.45) is 23.2 Å². The molecule has 38 heavy (non-hydrogen) atoms. The van der Waals surface area contributed by atoms with Crippen molar-refractivity contribution in [2.75, 3.05) is 26.3 Å². The van der Waals surface area contributed by atoms with Gasteiger partial charge in [-0.2, -0.15) is 0 Å². The third kappa shape index (κ3) is 6.15. The molecule has 4 aliphatic carbocycles. The molecule has 6 rings (SSSR count). The summed E-state index contributed by atoms with van der Waals surface area (Å²) in [6.07, 6.45) is 7.52. The second-order valence-corrected chi connectivity index (χ2v) is 12.9. The van der Waals surface area contributed by atoms with E-state index in [0.29, 0.717) is 50.6 Å². The molecule has 0 radical (unpaired) electrons. The number of nitrogens with zero attached hydrogens (tertiary/aromatic N) is 2. The van der Waals surface area contributed by atoms with E-state index in [0.717, 1.165) is 41.7 Å². The van der Waals surface area contributed by atoms with Gasteiger partial charge in [-0.25, -0.2) is 4.39 Å². The van der Waals surface area contributed by atoms with E-state index in [9.17, 15) is 14.0 Å². The minimum atomic E-state index is -0.289. The first-order valence-electron chi connectivity index (χ1n) is 14.3. The van der Waals surface area contributed by atoms with Gasteiger partial charge in [0.05, 0.1) is 18.5 Å². The van der Waals surface area contributed by atoms with Gasteiger partial charge in [0.25, 0.3) is 0 Å². The number of thiophene rings is 1. The highest BCUT2D eigenvalue weighted by molar-refractivity contribution is 7.10. The van der Waals surface area contributed by atoms with Crippen molar-refractivity contribution in [1.82, 2.24) is 9.80 Å². The van der Waals surface area contributed by atoms with Crippen LogP contribution in [0.4, 0.5) is 4.39 Å². The monoisotopic (exact) mass is 540 g/mol. The summed E-state index contributed by atoms with van der Waals surface area (Å²) in [6, 6.07) is 8.40. The zero-order valence-corrected chi connectivity index (χ0v) is 23.6. The van der Waals surface area contributed by atoms with Crippen LogP contribution >= 0.6 is 11.3 Å². The molecule has 7 heteroatoms. The van der Waals surface area contributed by atoms with Gasteiger partial charge in [-0.3, -0.25) is 9.59 Å². The fourth-order valence-corrected chi connectivity index (χ4v) is 8.43. The molecular formula is C31H41FN2O3S. The zero-order valence-electron chi connectivity index (χ0n) is 22.8. The summed E-state index contributed by atoms with van der Waals surface area (Å²) in [5.74, 6) is 1.85. The molecule has 1 heterocycles. The molecule has 0 N–H and O–H groups in total. The van der Waals surface area contributed by atoms with Gasteiger partial charge in [-0.1, -0.05) is 12.1 Å². The largest absolute Gasteiger partial charge is 0.382 e. The third-order valence-electron chi connectivity index (χ3n) is 8.97. The van der Waals surface area contributed by atoms with E-state index in [4.69, 9.17) is 4.74 Å². The summed E-state index contributed by atoms with van der Waals surface area (Å²) in [5, 5.41) is 2.04. The Morgan fingerprint density at radius 1 is 1.00 bits per heavy atom. The molecule has 5 nitrogen and oxygen atoms in total. The van der Waals surface area contributed by atoms with E-state index in [1.54, 1.807) is 23.5 Å². The number of ether oxygens (including phenoxy) is 1. The van der Waals surface area contributed by atoms with Gasteiger partial charge in [0.15, 0.2) is 0 Å². The van der Waals surface area contributed by atoms with Crippen LogP contribution in [0, 0.1) is 35.9 Å². The van der Waals surface area contributed by atoms with Crippen LogP contribution < -0.4 is 0 Å². The molecule has 4 saturated carbocycles. The minimum absolute atomic E-state index is 0.0587. The Labute approximate surface area is 230 Å². The van der Waals surface area contributed by atoms with Crippen molar-refractivity contribution >= 4 is 23.2 Å². The molecule has 1 aromatic heterocycles. The van der Waals surface area contributed by atoms with Gasteiger partial charge in [0.2, 0.25) is 11.8 Å². The Morgan fingerprint density at radius 3 is 2.24 bits per heavy atom. The van der Waals surface area contributed by atoms with Crippen LogP contribution in [0.1, 0.15) is 67.9 Å². The number of benzene rings is 1. The average Bonchev–Trinajstić information content (AvgIpc) is 3.29. The van der Waals surface area contributed by atoms with E-state index in [-0.39, 0.29) is 29.6 Å². The summed E-state index contributed by atoms with van der Waals surface area (Å²) < 4.78 is 19.1. The average molecular weight is 541 g/mol. The Bertz CT molecular complexity index is 1080. The maximum absolute atomic E-state index is 14.3. The number of hydrogen-bond acceptors (Lipinski definition) is 4. The van der Waals surface area contributed by atoms with Gasteiger partial charge in [0.1, 0.15) is 5.82 Å². The van der Waals surface area contributed by atoms with Gasteiger partial charge in [0, 0.05) is 31.2 Å². The maximum Gasteiger partial charge on any atom is 0.242 e. The summed E-state index contributed by atoms with van der Waals surface area (Å²) in [6.45, 7) is 6.75. The number of carbonyl (C=O) groups is 2. The molecule has 2 amide bonds. The molecule has 2 aromatic rings. The first-order chi connectivity index (χ1) is 18.3. The second-order valence-electron chi connectivity index (χ2n) is 11.9. The molecule has 4 aliphatic rings. The summed E-state index contributed by atoms with van der Waals surface area (Å²) >= 11 is 1.64. The first-order valence-corrected chi connectivity index (χ1v) is 15.2. The minimum Gasteiger partial charge on any atom is -0.382 e. The third-order valence-corrected chi connectivity index (χ3v) is 9.98. The maximum atomic E-state index is 14.3. The lowest BCUT2D eigenvalue weighted by Crippen LogP contribution is -2.56. The number of amides is 2. The molecule has 0 atom stereocenters. The van der Waals surface area contributed by atoms with Gasteiger partial charge >= 0.3 is 0 Å². The molecule has 0 spiro atoms. The number of aryl methyl sites for hydroxylation is 1. The lowest BCUT2D eigenvalue weighted by atomic mass is 9.49. The summed E-state index contributed by atoms with van der Waals surface area (Å²) in [5.41, 5.74) is 1.75. The highest BCUT2D eigenvalue weighted by Gasteiger charge is 2.55. The van der Waals surface area contributed by atoms with E-state index in [2.05, 4.69) is 13.0 Å². The van der Waals surface area contributed by atoms with E-state index in [1.807, 2.05) is 22.1 Å². The normalized spacial score (nSPS) is 25.5. The quantitative estimate of drug-likeness (QED) is 0.302. The lowest BCUT2D eigenvalue weighted by molar-refractivity contribution is -0.160. The van der Waals surface area contributed by atoms with Gasteiger partial charge in [-0.15, -0.1) is 11.3 Å². The standard InChI is InChI=1S/C31H41FN2O3S/c1-3-37-11-4-10-33(30(36)31-16-24-13-25(17-31)15-26(14-24)18-31)21-29(35)34(20-28-22(2)9-12-38-28)19-23-5-7-27(32)8-6-23/h5-9,12,24-26H,3-4,10-11,13-21H2,1-2H3. The topological polar surface area (TPSA) is 49.9 Å². The van der Waals surface area contributed by atoms with Crippen LogP contribution in [0.25, 0.3) is 0 Å². The van der Waals surface area contributed by atoms with Crippen LogP contribution in [0.3, 0.4) is 0 Å². The molecule has 0 saturated heterocycles. The Kier molecular flexibility index (Phi) is 8.53.